The Morgan fingerprint density at radius 3 is 2.56 bits per heavy atom. The quantitative estimate of drug-likeness (QED) is 0.240. The van der Waals surface area contributed by atoms with Gasteiger partial charge in [0.1, 0.15) is 0 Å². The normalized spacial score (nSPS) is 12.6. The first-order chi connectivity index (χ1) is 7.37. The highest BCUT2D eigenvalue weighted by Crippen LogP contribution is 1.97. The molecule has 94 valence electrons. The van der Waals surface area contributed by atoms with Crippen LogP contribution >= 0.6 is 0 Å². The maximum Gasteiger partial charge on any atom is 0.421 e. The van der Waals surface area contributed by atoms with Crippen LogP contribution in [-0.4, -0.2) is 50.1 Å². The largest absolute Gasteiger partial charge is 0.452 e. The van der Waals surface area contributed by atoms with Crippen LogP contribution in [0.25, 0.3) is 0 Å². The van der Waals surface area contributed by atoms with Crippen LogP contribution in [-0.2, 0) is 14.9 Å². The van der Waals surface area contributed by atoms with Gasteiger partial charge in [0.2, 0.25) is 0 Å². The number of nitrogens with two attached hydrogens (primary N) is 1. The van der Waals surface area contributed by atoms with E-state index in [9.17, 15) is 13.2 Å². The van der Waals surface area contributed by atoms with E-state index in [2.05, 4.69) is 9.89 Å². The SMILES string of the molecule is CCN(CC(N)=NO)S(=O)(=O)NC(=O)OC. The maximum atomic E-state index is 11.5. The minimum Gasteiger partial charge on any atom is -0.452 e. The molecule has 0 aliphatic rings. The van der Waals surface area contributed by atoms with E-state index in [1.54, 1.807) is 4.72 Å². The number of amidine groups is 1. The van der Waals surface area contributed by atoms with Gasteiger partial charge in [0.15, 0.2) is 5.84 Å². The molecule has 0 radical (unpaired) electrons. The predicted molar refractivity (Wildman–Crippen MR) is 55.1 cm³/mol. The summed E-state index contributed by atoms with van der Waals surface area (Å²) < 4.78 is 29.6. The molecular formula is C6H14N4O5S. The average Bonchev–Trinajstić information content (AvgIpc) is 2.24. The molecule has 16 heavy (non-hydrogen) atoms. The molecule has 0 spiro atoms. The van der Waals surface area contributed by atoms with Gasteiger partial charge in [-0.3, -0.25) is 0 Å². The monoisotopic (exact) mass is 254 g/mol. The molecule has 0 aromatic carbocycles. The summed E-state index contributed by atoms with van der Waals surface area (Å²) in [7, 11) is -3.02. The summed E-state index contributed by atoms with van der Waals surface area (Å²) in [5.74, 6) is -0.294. The molecule has 0 aliphatic heterocycles. The zero-order chi connectivity index (χ0) is 12.8. The van der Waals surface area contributed by atoms with E-state index < -0.39 is 16.3 Å². The topological polar surface area (TPSA) is 134 Å². The second-order valence-electron chi connectivity index (χ2n) is 2.62. The van der Waals surface area contributed by atoms with Crippen LogP contribution in [0.5, 0.6) is 0 Å². The first-order valence-corrected chi connectivity index (χ1v) is 5.63. The lowest BCUT2D eigenvalue weighted by Gasteiger charge is -2.19. The first-order valence-electron chi connectivity index (χ1n) is 4.19. The molecule has 0 bridgehead atoms. The number of hydrogen-bond acceptors (Lipinski definition) is 6. The van der Waals surface area contributed by atoms with Crippen molar-refractivity contribution in [2.45, 2.75) is 6.92 Å². The molecule has 0 saturated carbocycles. The van der Waals surface area contributed by atoms with Crippen molar-refractivity contribution in [3.05, 3.63) is 0 Å². The number of amides is 1. The van der Waals surface area contributed by atoms with Crippen molar-refractivity contribution in [1.29, 1.82) is 0 Å². The van der Waals surface area contributed by atoms with Crippen LogP contribution < -0.4 is 10.5 Å². The maximum absolute atomic E-state index is 11.5. The third-order valence-electron chi connectivity index (χ3n) is 1.56. The van der Waals surface area contributed by atoms with E-state index >= 15 is 0 Å². The molecule has 4 N–H and O–H groups in total. The number of carbonyl (C=O) groups is 1. The molecule has 0 rings (SSSR count). The smallest absolute Gasteiger partial charge is 0.421 e. The van der Waals surface area contributed by atoms with Gasteiger partial charge in [-0.05, 0) is 0 Å². The minimum atomic E-state index is -4.05. The Balaban J connectivity index is 4.75. The summed E-state index contributed by atoms with van der Waals surface area (Å²) in [5.41, 5.74) is 5.16. The number of rotatable bonds is 5. The molecule has 0 atom stereocenters. The molecule has 0 aromatic rings. The fourth-order valence-corrected chi connectivity index (χ4v) is 1.86. The Bertz CT molecular complexity index is 365. The standard InChI is InChI=1S/C6H14N4O5S/c1-3-10(4-5(7)8-12)16(13,14)9-6(11)15-2/h12H,3-4H2,1-2H3,(H2,7,8)(H,9,11). The highest BCUT2D eigenvalue weighted by molar-refractivity contribution is 7.87. The van der Waals surface area contributed by atoms with Crippen molar-refractivity contribution < 1.29 is 23.2 Å². The van der Waals surface area contributed by atoms with Crippen molar-refractivity contribution in [1.82, 2.24) is 9.03 Å². The third-order valence-corrected chi connectivity index (χ3v) is 3.05. The van der Waals surface area contributed by atoms with Crippen LogP contribution in [0.3, 0.4) is 0 Å². The second-order valence-corrected chi connectivity index (χ2v) is 4.29. The van der Waals surface area contributed by atoms with E-state index in [4.69, 9.17) is 10.9 Å². The molecule has 1 amide bonds. The minimum absolute atomic E-state index is 0.0442. The van der Waals surface area contributed by atoms with Gasteiger partial charge < -0.3 is 15.7 Å². The van der Waals surface area contributed by atoms with Crippen LogP contribution in [0.1, 0.15) is 6.92 Å². The Kier molecular flexibility index (Phi) is 5.53. The van der Waals surface area contributed by atoms with E-state index in [-0.39, 0.29) is 18.9 Å². The molecule has 0 fully saturated rings. The summed E-state index contributed by atoms with van der Waals surface area (Å²) >= 11 is 0. The highest BCUT2D eigenvalue weighted by atomic mass is 32.2. The van der Waals surface area contributed by atoms with Gasteiger partial charge in [0.05, 0.1) is 13.7 Å². The lowest BCUT2D eigenvalue weighted by molar-refractivity contribution is 0.177. The summed E-state index contributed by atoms with van der Waals surface area (Å²) in [5, 5.41) is 10.9. The molecule has 10 heteroatoms. The zero-order valence-corrected chi connectivity index (χ0v) is 9.69. The van der Waals surface area contributed by atoms with E-state index in [1.165, 1.54) is 6.92 Å². The zero-order valence-electron chi connectivity index (χ0n) is 8.87. The second kappa shape index (κ2) is 6.12. The van der Waals surface area contributed by atoms with Crippen LogP contribution in [0.2, 0.25) is 0 Å². The summed E-state index contributed by atoms with van der Waals surface area (Å²) in [6.45, 7) is 1.24. The highest BCUT2D eigenvalue weighted by Gasteiger charge is 2.24. The van der Waals surface area contributed by atoms with Gasteiger partial charge in [0, 0.05) is 6.54 Å². The first kappa shape index (κ1) is 14.5. The Labute approximate surface area is 93.0 Å². The molecule has 0 aliphatic carbocycles. The van der Waals surface area contributed by atoms with Crippen LogP contribution in [0.4, 0.5) is 4.79 Å². The Morgan fingerprint density at radius 2 is 2.19 bits per heavy atom. The summed E-state index contributed by atoms with van der Waals surface area (Å²) in [4.78, 5) is 10.8. The fraction of sp³-hybridized carbons (Fsp3) is 0.667. The number of nitrogens with one attached hydrogen (secondary N) is 1. The molecule has 0 heterocycles. The number of hydrogen-bond donors (Lipinski definition) is 3. The lowest BCUT2D eigenvalue weighted by Crippen LogP contribution is -2.46. The van der Waals surface area contributed by atoms with Gasteiger partial charge in [0.25, 0.3) is 0 Å². The number of oxime groups is 1. The summed E-state index contributed by atoms with van der Waals surface area (Å²) in [6.07, 6.45) is -1.11. The number of ether oxygens (including phenoxy) is 1. The van der Waals surface area contributed by atoms with E-state index in [1.807, 2.05) is 0 Å². The van der Waals surface area contributed by atoms with Crippen molar-refractivity contribution >= 4 is 22.1 Å². The fourth-order valence-electron chi connectivity index (χ4n) is 0.791. The van der Waals surface area contributed by atoms with Gasteiger partial charge >= 0.3 is 16.3 Å². The van der Waals surface area contributed by atoms with Crippen molar-refractivity contribution in [2.75, 3.05) is 20.2 Å². The Morgan fingerprint density at radius 1 is 1.62 bits per heavy atom. The van der Waals surface area contributed by atoms with Crippen molar-refractivity contribution in [2.24, 2.45) is 10.9 Å². The van der Waals surface area contributed by atoms with Gasteiger partial charge in [-0.1, -0.05) is 12.1 Å². The average molecular weight is 254 g/mol. The summed E-state index contributed by atoms with van der Waals surface area (Å²) in [6, 6.07) is 0. The van der Waals surface area contributed by atoms with Crippen molar-refractivity contribution in [3.8, 4) is 0 Å². The number of likely N-dealkylation sites (N-methyl/N-ethyl adjacent to an activating group) is 1. The van der Waals surface area contributed by atoms with Crippen LogP contribution in [0.15, 0.2) is 5.16 Å². The van der Waals surface area contributed by atoms with E-state index in [0.29, 0.717) is 0 Å². The molecule has 0 aromatic heterocycles. The number of carbonyl (C=O) groups excluding carboxylic acids is 1. The van der Waals surface area contributed by atoms with Crippen LogP contribution in [0, 0.1) is 0 Å². The molecular weight excluding hydrogens is 240 g/mol. The number of methoxy groups -OCH3 is 1. The predicted octanol–water partition coefficient (Wildman–Crippen LogP) is -1.34. The molecule has 0 saturated heterocycles. The van der Waals surface area contributed by atoms with E-state index in [0.717, 1.165) is 11.4 Å². The van der Waals surface area contributed by atoms with Gasteiger partial charge in [-0.2, -0.15) is 12.7 Å². The number of nitrogens with zero attached hydrogens (tertiary/aromatic N) is 2. The van der Waals surface area contributed by atoms with Crippen molar-refractivity contribution in [3.63, 3.8) is 0 Å². The third kappa shape index (κ3) is 4.31. The molecule has 0 unspecified atom stereocenters. The van der Waals surface area contributed by atoms with Gasteiger partial charge in [-0.15, -0.1) is 0 Å². The Hall–Kier alpha value is -1.55. The lowest BCUT2D eigenvalue weighted by atomic mass is 10.6. The van der Waals surface area contributed by atoms with Gasteiger partial charge in [-0.25, -0.2) is 9.52 Å². The molecule has 9 nitrogen and oxygen atoms in total.